The summed E-state index contributed by atoms with van der Waals surface area (Å²) in [5, 5.41) is 27.5. The fourth-order valence-corrected chi connectivity index (χ4v) is 2.70. The van der Waals surface area contributed by atoms with Crippen LogP contribution in [0.1, 0.15) is 51.4 Å². The number of hydrogen-bond acceptors (Lipinski definition) is 4. The predicted molar refractivity (Wildman–Crippen MR) is 69.4 cm³/mol. The van der Waals surface area contributed by atoms with Crippen LogP contribution in [-0.2, 0) is 0 Å². The van der Waals surface area contributed by atoms with Crippen LogP contribution in [0.2, 0.25) is 6.32 Å². The summed E-state index contributed by atoms with van der Waals surface area (Å²) >= 11 is 0. The molecule has 1 fully saturated rings. The molecule has 0 spiro atoms. The topological polar surface area (TPSA) is 86.7 Å². The quantitative estimate of drug-likeness (QED) is 0.395. The third-order valence-corrected chi connectivity index (χ3v) is 3.82. The van der Waals surface area contributed by atoms with Crippen LogP contribution in [0.4, 0.5) is 0 Å². The van der Waals surface area contributed by atoms with Gasteiger partial charge in [-0.1, -0.05) is 32.1 Å². The van der Waals surface area contributed by atoms with Gasteiger partial charge in [0, 0.05) is 6.04 Å². The summed E-state index contributed by atoms with van der Waals surface area (Å²) in [5.41, 5.74) is 5.99. The normalized spacial score (nSPS) is 21.2. The van der Waals surface area contributed by atoms with Crippen LogP contribution in [0.5, 0.6) is 0 Å². The van der Waals surface area contributed by atoms with Gasteiger partial charge < -0.3 is 20.9 Å². The maximum absolute atomic E-state index is 10.1. The summed E-state index contributed by atoms with van der Waals surface area (Å²) in [6, 6.07) is -0.158. The van der Waals surface area contributed by atoms with Crippen LogP contribution >= 0.6 is 0 Å². The average molecular weight is 243 g/mol. The minimum atomic E-state index is -1.21. The second-order valence-corrected chi connectivity index (χ2v) is 5.32. The zero-order valence-corrected chi connectivity index (χ0v) is 10.6. The molecule has 0 aliphatic heterocycles. The minimum absolute atomic E-state index is 0.158. The average Bonchev–Trinajstić information content (AvgIpc) is 2.34. The molecule has 17 heavy (non-hydrogen) atoms. The van der Waals surface area contributed by atoms with E-state index in [-0.39, 0.29) is 12.1 Å². The van der Waals surface area contributed by atoms with E-state index in [1.807, 2.05) is 0 Å². The van der Waals surface area contributed by atoms with Crippen LogP contribution in [-0.4, -0.2) is 34.4 Å². The number of hydrogen-bond donors (Lipinski definition) is 4. The lowest BCUT2D eigenvalue weighted by Crippen LogP contribution is -2.40. The van der Waals surface area contributed by atoms with Crippen molar-refractivity contribution in [3.05, 3.63) is 0 Å². The van der Waals surface area contributed by atoms with Gasteiger partial charge in [-0.3, -0.25) is 0 Å². The van der Waals surface area contributed by atoms with Gasteiger partial charge in [0.25, 0.3) is 0 Å². The maximum atomic E-state index is 10.1. The molecule has 0 heterocycles. The van der Waals surface area contributed by atoms with E-state index in [2.05, 4.69) is 0 Å². The zero-order valence-electron chi connectivity index (χ0n) is 10.6. The van der Waals surface area contributed by atoms with Gasteiger partial charge in [0.05, 0.1) is 6.10 Å². The van der Waals surface area contributed by atoms with Crippen molar-refractivity contribution in [2.45, 2.75) is 69.8 Å². The molecule has 4 nitrogen and oxygen atoms in total. The Morgan fingerprint density at radius 3 is 2.35 bits per heavy atom. The fraction of sp³-hybridized carbons (Fsp3) is 1.00. The Hall–Kier alpha value is -0.0951. The van der Waals surface area contributed by atoms with Crippen molar-refractivity contribution in [2.75, 3.05) is 0 Å². The number of unbranched alkanes of at least 4 members (excludes halogenated alkanes) is 1. The Kier molecular flexibility index (Phi) is 7.12. The third-order valence-electron chi connectivity index (χ3n) is 3.82. The molecule has 0 aromatic heterocycles. The molecule has 1 aliphatic carbocycles. The van der Waals surface area contributed by atoms with Gasteiger partial charge in [-0.15, -0.1) is 0 Å². The second-order valence-electron chi connectivity index (χ2n) is 5.32. The summed E-state index contributed by atoms with van der Waals surface area (Å²) < 4.78 is 0. The zero-order chi connectivity index (χ0) is 12.7. The first-order valence-corrected chi connectivity index (χ1v) is 6.91. The van der Waals surface area contributed by atoms with Gasteiger partial charge in [0.2, 0.25) is 0 Å². The molecule has 1 aliphatic rings. The van der Waals surface area contributed by atoms with Crippen molar-refractivity contribution in [2.24, 2.45) is 11.7 Å². The van der Waals surface area contributed by atoms with Gasteiger partial charge >= 0.3 is 7.12 Å². The largest absolute Gasteiger partial charge is 0.451 e. The van der Waals surface area contributed by atoms with Crippen molar-refractivity contribution in [3.63, 3.8) is 0 Å². The number of rotatable bonds is 7. The van der Waals surface area contributed by atoms with Crippen molar-refractivity contribution >= 4 is 7.12 Å². The summed E-state index contributed by atoms with van der Waals surface area (Å²) in [6.07, 6.45) is 8.30. The molecule has 100 valence electrons. The lowest BCUT2D eigenvalue weighted by molar-refractivity contribution is 0.0589. The standard InChI is InChI=1S/C12H26BNO3/c14-11(8-4-5-9-13(16)17)12(15)10-6-2-1-3-7-10/h10-12,15-17H,1-9,14H2. The minimum Gasteiger partial charge on any atom is -0.427 e. The van der Waals surface area contributed by atoms with E-state index in [1.165, 1.54) is 19.3 Å². The van der Waals surface area contributed by atoms with Gasteiger partial charge in [-0.05, 0) is 31.5 Å². The molecule has 5 N–H and O–H groups in total. The van der Waals surface area contributed by atoms with Crippen molar-refractivity contribution in [1.29, 1.82) is 0 Å². The molecular weight excluding hydrogens is 217 g/mol. The Bertz CT molecular complexity index is 198. The predicted octanol–water partition coefficient (Wildman–Crippen LogP) is 0.898. The Balaban J connectivity index is 2.14. The van der Waals surface area contributed by atoms with Gasteiger partial charge in [0.15, 0.2) is 0 Å². The molecule has 1 saturated carbocycles. The molecular formula is C12H26BNO3. The maximum Gasteiger partial charge on any atom is 0.451 e. The number of aliphatic hydroxyl groups excluding tert-OH is 1. The molecule has 0 amide bonds. The Morgan fingerprint density at radius 1 is 1.12 bits per heavy atom. The molecule has 0 aromatic rings. The Labute approximate surface area is 104 Å². The van der Waals surface area contributed by atoms with Gasteiger partial charge in [0.1, 0.15) is 0 Å². The highest BCUT2D eigenvalue weighted by Gasteiger charge is 2.26. The third kappa shape index (κ3) is 5.86. The number of aliphatic hydroxyl groups is 1. The molecule has 0 radical (unpaired) electrons. The van der Waals surface area contributed by atoms with E-state index in [4.69, 9.17) is 15.8 Å². The van der Waals surface area contributed by atoms with Crippen molar-refractivity contribution in [3.8, 4) is 0 Å². The van der Waals surface area contributed by atoms with Gasteiger partial charge in [-0.25, -0.2) is 0 Å². The van der Waals surface area contributed by atoms with E-state index in [1.54, 1.807) is 0 Å². The van der Waals surface area contributed by atoms with Crippen LogP contribution in [0, 0.1) is 5.92 Å². The van der Waals surface area contributed by atoms with Crippen LogP contribution in [0.25, 0.3) is 0 Å². The lowest BCUT2D eigenvalue weighted by Gasteiger charge is -2.30. The van der Waals surface area contributed by atoms with E-state index >= 15 is 0 Å². The molecule has 2 unspecified atom stereocenters. The smallest absolute Gasteiger partial charge is 0.427 e. The molecule has 0 bridgehead atoms. The van der Waals surface area contributed by atoms with Crippen LogP contribution < -0.4 is 5.73 Å². The highest BCUT2D eigenvalue weighted by atomic mass is 16.4. The highest BCUT2D eigenvalue weighted by molar-refractivity contribution is 6.40. The highest BCUT2D eigenvalue weighted by Crippen LogP contribution is 2.28. The number of nitrogens with two attached hydrogens (primary N) is 1. The lowest BCUT2D eigenvalue weighted by atomic mass is 9.80. The first kappa shape index (κ1) is 15.0. The Morgan fingerprint density at radius 2 is 1.76 bits per heavy atom. The summed E-state index contributed by atoms with van der Waals surface area (Å²) in [7, 11) is -1.21. The SMILES string of the molecule is NC(CCCCB(O)O)C(O)C1CCCCC1. The molecule has 0 aromatic carbocycles. The van der Waals surface area contributed by atoms with Crippen molar-refractivity contribution < 1.29 is 15.2 Å². The summed E-state index contributed by atoms with van der Waals surface area (Å²) in [5.74, 6) is 0.377. The van der Waals surface area contributed by atoms with E-state index in [9.17, 15) is 5.11 Å². The monoisotopic (exact) mass is 243 g/mol. The van der Waals surface area contributed by atoms with E-state index < -0.39 is 7.12 Å². The van der Waals surface area contributed by atoms with Gasteiger partial charge in [-0.2, -0.15) is 0 Å². The van der Waals surface area contributed by atoms with E-state index in [0.29, 0.717) is 12.2 Å². The molecule has 2 atom stereocenters. The fourth-order valence-electron chi connectivity index (χ4n) is 2.70. The van der Waals surface area contributed by atoms with Crippen molar-refractivity contribution in [1.82, 2.24) is 0 Å². The first-order chi connectivity index (χ1) is 8.11. The second kappa shape index (κ2) is 8.09. The molecule has 0 saturated heterocycles. The first-order valence-electron chi connectivity index (χ1n) is 6.91. The summed E-state index contributed by atoms with van der Waals surface area (Å²) in [4.78, 5) is 0. The summed E-state index contributed by atoms with van der Waals surface area (Å²) in [6.45, 7) is 0. The van der Waals surface area contributed by atoms with E-state index in [0.717, 1.165) is 32.1 Å². The molecule has 1 rings (SSSR count). The van der Waals surface area contributed by atoms with Crippen LogP contribution in [0.15, 0.2) is 0 Å². The van der Waals surface area contributed by atoms with Crippen LogP contribution in [0.3, 0.4) is 0 Å². The molecule has 5 heteroatoms.